The van der Waals surface area contributed by atoms with Gasteiger partial charge in [-0.15, -0.1) is 0 Å². The molecule has 0 saturated heterocycles. The van der Waals surface area contributed by atoms with Gasteiger partial charge in [-0.1, -0.05) is 13.3 Å². The van der Waals surface area contributed by atoms with E-state index in [2.05, 4.69) is 11.9 Å². The van der Waals surface area contributed by atoms with Crippen LogP contribution in [0, 0.1) is 4.77 Å². The minimum atomic E-state index is 0.809. The highest BCUT2D eigenvalue weighted by atomic mass is 32.1. The molecule has 0 aliphatic rings. The molecule has 1 heterocycles. The lowest BCUT2D eigenvalue weighted by molar-refractivity contribution is 0.778. The monoisotopic (exact) mass is 156 g/mol. The summed E-state index contributed by atoms with van der Waals surface area (Å²) < 4.78 is 2.82. The highest BCUT2D eigenvalue weighted by Crippen LogP contribution is 2.01. The van der Waals surface area contributed by atoms with Gasteiger partial charge in [0.25, 0.3) is 0 Å². The summed E-state index contributed by atoms with van der Waals surface area (Å²) >= 11 is 5.00. The van der Waals surface area contributed by atoms with E-state index in [1.807, 2.05) is 17.8 Å². The molecule has 56 valence electrons. The Morgan fingerprint density at radius 2 is 2.40 bits per heavy atom. The van der Waals surface area contributed by atoms with Crippen LogP contribution < -0.4 is 0 Å². The smallest absolute Gasteiger partial charge is 0.177 e. The Hall–Kier alpha value is -0.570. The minimum absolute atomic E-state index is 0.809. The molecule has 0 aliphatic carbocycles. The number of nitrogens with one attached hydrogen (secondary N) is 1. The van der Waals surface area contributed by atoms with Gasteiger partial charge in [0, 0.05) is 18.9 Å². The zero-order chi connectivity index (χ0) is 7.56. The molecule has 0 atom stereocenters. The van der Waals surface area contributed by atoms with E-state index >= 15 is 0 Å². The normalized spacial score (nSPS) is 10.2. The number of hydrogen-bond donors (Lipinski definition) is 1. The van der Waals surface area contributed by atoms with Crippen molar-refractivity contribution < 1.29 is 0 Å². The van der Waals surface area contributed by atoms with Crippen LogP contribution in [0.15, 0.2) is 6.20 Å². The number of aromatic nitrogens is 2. The first kappa shape index (κ1) is 7.54. The van der Waals surface area contributed by atoms with E-state index in [9.17, 15) is 0 Å². The molecular weight excluding hydrogens is 144 g/mol. The fourth-order valence-corrected chi connectivity index (χ4v) is 1.14. The summed E-state index contributed by atoms with van der Waals surface area (Å²) in [6.45, 7) is 2.16. The predicted molar refractivity (Wildman–Crippen MR) is 44.6 cm³/mol. The van der Waals surface area contributed by atoms with Crippen molar-refractivity contribution >= 4 is 12.2 Å². The fraction of sp³-hybridized carbons (Fsp3) is 0.571. The Bertz CT molecular complexity index is 259. The summed E-state index contributed by atoms with van der Waals surface area (Å²) in [6.07, 6.45) is 4.25. The third-order valence-electron chi connectivity index (χ3n) is 1.60. The van der Waals surface area contributed by atoms with Crippen LogP contribution >= 0.6 is 12.2 Å². The lowest BCUT2D eigenvalue weighted by atomic mass is 10.3. The number of nitrogens with zero attached hydrogens (tertiary/aromatic N) is 1. The van der Waals surface area contributed by atoms with Crippen molar-refractivity contribution in [3.05, 3.63) is 16.7 Å². The molecule has 0 aromatic carbocycles. The number of aryl methyl sites for hydroxylation is 1. The third-order valence-corrected chi connectivity index (χ3v) is 2.00. The van der Waals surface area contributed by atoms with Crippen molar-refractivity contribution in [2.75, 3.05) is 0 Å². The standard InChI is InChI=1S/C7H12N2S/c1-3-4-6-5-8-7(10)9(6)2/h5H,3-4H2,1-2H3,(H,8,10). The molecule has 0 aliphatic heterocycles. The molecule has 1 N–H and O–H groups in total. The fourth-order valence-electron chi connectivity index (χ4n) is 0.965. The van der Waals surface area contributed by atoms with Gasteiger partial charge >= 0.3 is 0 Å². The van der Waals surface area contributed by atoms with Gasteiger partial charge in [-0.2, -0.15) is 0 Å². The van der Waals surface area contributed by atoms with E-state index in [4.69, 9.17) is 12.2 Å². The molecule has 3 heteroatoms. The largest absolute Gasteiger partial charge is 0.337 e. The highest BCUT2D eigenvalue weighted by molar-refractivity contribution is 7.71. The molecule has 0 unspecified atom stereocenters. The van der Waals surface area contributed by atoms with Gasteiger partial charge in [0.15, 0.2) is 4.77 Å². The lowest BCUT2D eigenvalue weighted by Crippen LogP contribution is -1.94. The molecular formula is C7H12N2S. The van der Waals surface area contributed by atoms with Gasteiger partial charge in [-0.05, 0) is 18.6 Å². The zero-order valence-electron chi connectivity index (χ0n) is 6.35. The van der Waals surface area contributed by atoms with Crippen LogP contribution in [0.2, 0.25) is 0 Å². The molecule has 1 aromatic heterocycles. The maximum Gasteiger partial charge on any atom is 0.177 e. The number of imidazole rings is 1. The van der Waals surface area contributed by atoms with E-state index in [0.717, 1.165) is 11.2 Å². The first-order valence-electron chi connectivity index (χ1n) is 3.49. The van der Waals surface area contributed by atoms with Gasteiger partial charge in [-0.3, -0.25) is 0 Å². The molecule has 0 saturated carbocycles. The van der Waals surface area contributed by atoms with Crippen LogP contribution in [-0.4, -0.2) is 9.55 Å². The van der Waals surface area contributed by atoms with Crippen LogP contribution in [0.5, 0.6) is 0 Å². The van der Waals surface area contributed by atoms with Crippen molar-refractivity contribution in [3.63, 3.8) is 0 Å². The first-order valence-corrected chi connectivity index (χ1v) is 3.89. The van der Waals surface area contributed by atoms with E-state index in [1.165, 1.54) is 12.1 Å². The summed E-state index contributed by atoms with van der Waals surface area (Å²) in [5, 5.41) is 0. The second kappa shape index (κ2) is 3.01. The molecule has 0 amide bonds. The Labute approximate surface area is 65.9 Å². The average molecular weight is 156 g/mol. The van der Waals surface area contributed by atoms with Crippen molar-refractivity contribution in [3.8, 4) is 0 Å². The van der Waals surface area contributed by atoms with Gasteiger partial charge in [0.1, 0.15) is 0 Å². The Morgan fingerprint density at radius 3 is 2.80 bits per heavy atom. The molecule has 1 rings (SSSR count). The van der Waals surface area contributed by atoms with E-state index in [1.54, 1.807) is 0 Å². The maximum atomic E-state index is 5.00. The number of aromatic amines is 1. The summed E-state index contributed by atoms with van der Waals surface area (Å²) in [7, 11) is 1.99. The van der Waals surface area contributed by atoms with Crippen LogP contribution in [0.25, 0.3) is 0 Å². The zero-order valence-corrected chi connectivity index (χ0v) is 7.16. The van der Waals surface area contributed by atoms with E-state index in [0.29, 0.717) is 0 Å². The lowest BCUT2D eigenvalue weighted by Gasteiger charge is -1.96. The molecule has 1 aromatic rings. The Kier molecular flexibility index (Phi) is 2.27. The summed E-state index contributed by atoms with van der Waals surface area (Å²) in [5.41, 5.74) is 1.28. The van der Waals surface area contributed by atoms with Crippen molar-refractivity contribution in [1.29, 1.82) is 0 Å². The molecule has 0 fully saturated rings. The second-order valence-corrected chi connectivity index (χ2v) is 2.78. The number of hydrogen-bond acceptors (Lipinski definition) is 1. The minimum Gasteiger partial charge on any atom is -0.337 e. The number of rotatable bonds is 2. The molecule has 0 radical (unpaired) electrons. The highest BCUT2D eigenvalue weighted by Gasteiger charge is 1.95. The SMILES string of the molecule is CCCc1c[nH]c(=S)n1C. The van der Waals surface area contributed by atoms with E-state index < -0.39 is 0 Å². The Morgan fingerprint density at radius 1 is 1.70 bits per heavy atom. The topological polar surface area (TPSA) is 20.7 Å². The quantitative estimate of drug-likeness (QED) is 0.650. The summed E-state index contributed by atoms with van der Waals surface area (Å²) in [5.74, 6) is 0. The molecule has 10 heavy (non-hydrogen) atoms. The molecule has 2 nitrogen and oxygen atoms in total. The van der Waals surface area contributed by atoms with Crippen molar-refractivity contribution in [2.45, 2.75) is 19.8 Å². The summed E-state index contributed by atoms with van der Waals surface area (Å²) in [4.78, 5) is 3.00. The Balaban J connectivity index is 2.94. The van der Waals surface area contributed by atoms with Crippen LogP contribution in [0.4, 0.5) is 0 Å². The second-order valence-electron chi connectivity index (χ2n) is 2.39. The van der Waals surface area contributed by atoms with Gasteiger partial charge in [0.05, 0.1) is 0 Å². The number of H-pyrrole nitrogens is 1. The molecule has 0 bridgehead atoms. The van der Waals surface area contributed by atoms with Gasteiger partial charge in [0.2, 0.25) is 0 Å². The van der Waals surface area contributed by atoms with Crippen LogP contribution in [-0.2, 0) is 13.5 Å². The van der Waals surface area contributed by atoms with Gasteiger partial charge < -0.3 is 9.55 Å². The van der Waals surface area contributed by atoms with Gasteiger partial charge in [-0.25, -0.2) is 0 Å². The van der Waals surface area contributed by atoms with Crippen LogP contribution in [0.1, 0.15) is 19.0 Å². The van der Waals surface area contributed by atoms with Crippen LogP contribution in [0.3, 0.4) is 0 Å². The van der Waals surface area contributed by atoms with Crippen molar-refractivity contribution in [2.24, 2.45) is 7.05 Å². The predicted octanol–water partition coefficient (Wildman–Crippen LogP) is 2.04. The first-order chi connectivity index (χ1) is 4.75. The van der Waals surface area contributed by atoms with Crippen molar-refractivity contribution in [1.82, 2.24) is 9.55 Å². The summed E-state index contributed by atoms with van der Waals surface area (Å²) in [6, 6.07) is 0. The van der Waals surface area contributed by atoms with E-state index in [-0.39, 0.29) is 0 Å². The third kappa shape index (κ3) is 1.29. The molecule has 0 spiro atoms. The average Bonchev–Trinajstić information content (AvgIpc) is 2.20. The maximum absolute atomic E-state index is 5.00.